The molecule has 0 unspecified atom stereocenters. The molecule has 0 radical (unpaired) electrons. The Bertz CT molecular complexity index is 1290. The number of rotatable bonds is 7. The molecule has 2 aromatic heterocycles. The van der Waals surface area contributed by atoms with Crippen LogP contribution < -0.4 is 10.9 Å². The van der Waals surface area contributed by atoms with Crippen LogP contribution in [0.5, 0.6) is 0 Å². The highest BCUT2D eigenvalue weighted by Crippen LogP contribution is 2.55. The first kappa shape index (κ1) is 22.8. The van der Waals surface area contributed by atoms with E-state index in [1.807, 2.05) is 34.9 Å². The van der Waals surface area contributed by atoms with Crippen LogP contribution in [-0.2, 0) is 6.54 Å². The van der Waals surface area contributed by atoms with Crippen LogP contribution >= 0.6 is 11.6 Å². The van der Waals surface area contributed by atoms with E-state index in [0.717, 1.165) is 68.4 Å². The average molecular weight is 493 g/mol. The number of aromatic nitrogens is 3. The normalized spacial score (nSPS) is 27.0. The monoisotopic (exact) mass is 492 g/mol. The number of hydrogen-bond acceptors (Lipinski definition) is 3. The molecule has 7 rings (SSSR count). The summed E-state index contributed by atoms with van der Waals surface area (Å²) in [7, 11) is 0. The smallest absolute Gasteiger partial charge is 0.287 e. The zero-order chi connectivity index (χ0) is 24.2. The second kappa shape index (κ2) is 8.81. The van der Waals surface area contributed by atoms with E-state index in [1.165, 1.54) is 23.8 Å². The number of amides is 1. The van der Waals surface area contributed by atoms with Crippen LogP contribution in [0.4, 0.5) is 0 Å². The Kier molecular flexibility index (Phi) is 5.75. The van der Waals surface area contributed by atoms with Gasteiger partial charge in [0, 0.05) is 34.9 Å². The summed E-state index contributed by atoms with van der Waals surface area (Å²) in [6.07, 6.45) is 12.0. The van der Waals surface area contributed by atoms with Gasteiger partial charge in [-0.05, 0) is 74.8 Å². The second-order valence-corrected chi connectivity index (χ2v) is 11.6. The molecule has 0 saturated heterocycles. The van der Waals surface area contributed by atoms with Gasteiger partial charge in [-0.15, -0.1) is 0 Å². The molecule has 6 nitrogen and oxygen atoms in total. The summed E-state index contributed by atoms with van der Waals surface area (Å²) in [5, 5.41) is 8.66. The van der Waals surface area contributed by atoms with Gasteiger partial charge < -0.3 is 9.88 Å². The first-order valence-electron chi connectivity index (χ1n) is 13.1. The minimum atomic E-state index is -0.353. The zero-order valence-corrected chi connectivity index (χ0v) is 21.1. The largest absolute Gasteiger partial charge is 0.346 e. The Balaban J connectivity index is 1.37. The van der Waals surface area contributed by atoms with Crippen LogP contribution in [0.15, 0.2) is 41.3 Å². The number of unbranched alkanes of at least 4 members (excludes halogenated alkanes) is 2. The first-order valence-corrected chi connectivity index (χ1v) is 13.5. The van der Waals surface area contributed by atoms with E-state index in [1.54, 1.807) is 6.20 Å². The summed E-state index contributed by atoms with van der Waals surface area (Å²) in [5.74, 6) is 1.93. The fraction of sp³-hybridized carbons (Fsp3) is 0.536. The van der Waals surface area contributed by atoms with Crippen molar-refractivity contribution >= 4 is 23.2 Å². The molecule has 0 spiro atoms. The molecule has 4 aliphatic rings. The number of fused-ring (bicyclic) bond motifs is 1. The van der Waals surface area contributed by atoms with Crippen molar-refractivity contribution in [3.63, 3.8) is 0 Å². The van der Waals surface area contributed by atoms with Crippen molar-refractivity contribution in [2.24, 2.45) is 17.8 Å². The predicted molar refractivity (Wildman–Crippen MR) is 138 cm³/mol. The van der Waals surface area contributed by atoms with Crippen LogP contribution in [0.1, 0.15) is 75.1 Å². The first-order chi connectivity index (χ1) is 16.9. The molecular formula is C28H33ClN4O2. The highest BCUT2D eigenvalue weighted by atomic mass is 35.5. The molecule has 7 heteroatoms. The number of aryl methyl sites for hydroxylation is 1. The van der Waals surface area contributed by atoms with E-state index in [4.69, 9.17) is 11.6 Å². The lowest BCUT2D eigenvalue weighted by atomic mass is 9.53. The SMILES string of the molecule is CCCCCn1cc(C(=O)NC23CC4CC(CC(C4)C2)C3)c(=O)n2nc(-c3ccc(Cl)cc3)cc12. The third-order valence-electron chi connectivity index (χ3n) is 8.50. The van der Waals surface area contributed by atoms with Crippen LogP contribution in [0.25, 0.3) is 16.9 Å². The van der Waals surface area contributed by atoms with Crippen LogP contribution in [-0.4, -0.2) is 25.6 Å². The molecule has 2 heterocycles. The third kappa shape index (κ3) is 4.20. The maximum Gasteiger partial charge on any atom is 0.287 e. The van der Waals surface area contributed by atoms with Crippen molar-refractivity contribution in [3.8, 4) is 11.3 Å². The molecule has 184 valence electrons. The standard InChI is InChI=1S/C28H33ClN4O2/c1-2-3-4-9-32-17-23(26(34)30-28-14-18-10-19(15-28)12-20(11-18)16-28)27(35)33-25(32)13-24(31-33)21-5-7-22(29)8-6-21/h5-8,13,17-20H,2-4,9-12,14-16H2,1H3,(H,30,34). The zero-order valence-electron chi connectivity index (χ0n) is 20.3. The highest BCUT2D eigenvalue weighted by molar-refractivity contribution is 6.30. The van der Waals surface area contributed by atoms with Crippen molar-refractivity contribution in [2.45, 2.75) is 76.8 Å². The Morgan fingerprint density at radius 3 is 2.37 bits per heavy atom. The molecule has 35 heavy (non-hydrogen) atoms. The van der Waals surface area contributed by atoms with Gasteiger partial charge in [-0.1, -0.05) is 43.5 Å². The van der Waals surface area contributed by atoms with E-state index in [-0.39, 0.29) is 22.6 Å². The van der Waals surface area contributed by atoms with Crippen molar-refractivity contribution in [1.82, 2.24) is 19.5 Å². The Labute approximate surface area is 210 Å². The summed E-state index contributed by atoms with van der Waals surface area (Å²) in [6, 6.07) is 9.36. The Hall–Kier alpha value is -2.60. The van der Waals surface area contributed by atoms with Gasteiger partial charge in [-0.2, -0.15) is 9.61 Å². The quantitative estimate of drug-likeness (QED) is 0.430. The number of benzene rings is 1. The molecule has 1 amide bonds. The summed E-state index contributed by atoms with van der Waals surface area (Å²) in [4.78, 5) is 27.2. The van der Waals surface area contributed by atoms with Crippen molar-refractivity contribution in [1.29, 1.82) is 0 Å². The third-order valence-corrected chi connectivity index (χ3v) is 8.75. The second-order valence-electron chi connectivity index (χ2n) is 11.2. The van der Waals surface area contributed by atoms with Crippen LogP contribution in [0, 0.1) is 17.8 Å². The van der Waals surface area contributed by atoms with Gasteiger partial charge >= 0.3 is 0 Å². The summed E-state index contributed by atoms with van der Waals surface area (Å²) in [5.41, 5.74) is 1.99. The van der Waals surface area contributed by atoms with E-state index in [2.05, 4.69) is 17.3 Å². The molecule has 4 aliphatic carbocycles. The van der Waals surface area contributed by atoms with E-state index >= 15 is 0 Å². The number of nitrogens with zero attached hydrogens (tertiary/aromatic N) is 3. The van der Waals surface area contributed by atoms with Gasteiger partial charge in [0.2, 0.25) is 0 Å². The lowest BCUT2D eigenvalue weighted by Crippen LogP contribution is -2.60. The summed E-state index contributed by atoms with van der Waals surface area (Å²) in [6.45, 7) is 2.91. The van der Waals surface area contributed by atoms with Crippen molar-refractivity contribution in [3.05, 3.63) is 57.5 Å². The molecule has 1 aromatic carbocycles. The van der Waals surface area contributed by atoms with Gasteiger partial charge in [0.15, 0.2) is 0 Å². The highest BCUT2D eigenvalue weighted by Gasteiger charge is 2.51. The molecule has 0 atom stereocenters. The fourth-order valence-corrected chi connectivity index (χ4v) is 7.44. The maximum atomic E-state index is 13.6. The minimum Gasteiger partial charge on any atom is -0.346 e. The Morgan fingerprint density at radius 2 is 1.74 bits per heavy atom. The van der Waals surface area contributed by atoms with Gasteiger partial charge in [0.05, 0.1) is 5.69 Å². The average Bonchev–Trinajstić information content (AvgIpc) is 3.26. The van der Waals surface area contributed by atoms with Crippen molar-refractivity contribution in [2.75, 3.05) is 0 Å². The fourth-order valence-electron chi connectivity index (χ4n) is 7.32. The Morgan fingerprint density at radius 1 is 1.09 bits per heavy atom. The van der Waals surface area contributed by atoms with Crippen LogP contribution in [0.2, 0.25) is 5.02 Å². The lowest BCUT2D eigenvalue weighted by Gasteiger charge is -2.56. The van der Waals surface area contributed by atoms with E-state index in [9.17, 15) is 9.59 Å². The number of carbonyl (C=O) groups excluding carboxylic acids is 1. The van der Waals surface area contributed by atoms with Gasteiger partial charge in [0.1, 0.15) is 11.2 Å². The molecule has 0 aliphatic heterocycles. The molecule has 4 saturated carbocycles. The lowest BCUT2D eigenvalue weighted by molar-refractivity contribution is -0.0167. The molecule has 4 bridgehead atoms. The predicted octanol–water partition coefficient (Wildman–Crippen LogP) is 5.71. The molecular weight excluding hydrogens is 460 g/mol. The number of hydrogen-bond donors (Lipinski definition) is 1. The van der Waals surface area contributed by atoms with Crippen LogP contribution in [0.3, 0.4) is 0 Å². The molecule has 1 N–H and O–H groups in total. The van der Waals surface area contributed by atoms with Gasteiger partial charge in [-0.25, -0.2) is 0 Å². The molecule has 4 fully saturated rings. The van der Waals surface area contributed by atoms with E-state index < -0.39 is 0 Å². The summed E-state index contributed by atoms with van der Waals surface area (Å²) >= 11 is 6.06. The number of halogens is 1. The van der Waals surface area contributed by atoms with Crippen molar-refractivity contribution < 1.29 is 4.79 Å². The maximum absolute atomic E-state index is 13.6. The molecule has 3 aromatic rings. The van der Waals surface area contributed by atoms with Gasteiger partial charge in [-0.3, -0.25) is 9.59 Å². The minimum absolute atomic E-state index is 0.140. The number of carbonyl (C=O) groups is 1. The summed E-state index contributed by atoms with van der Waals surface area (Å²) < 4.78 is 3.43. The topological polar surface area (TPSA) is 68.4 Å². The number of nitrogens with one attached hydrogen (secondary N) is 1. The van der Waals surface area contributed by atoms with Gasteiger partial charge in [0.25, 0.3) is 11.5 Å². The van der Waals surface area contributed by atoms with E-state index in [0.29, 0.717) is 16.4 Å².